The Labute approximate surface area is 90.7 Å². The fourth-order valence-electron chi connectivity index (χ4n) is 1.04. The summed E-state index contributed by atoms with van der Waals surface area (Å²) in [5, 5.41) is 4.84. The molecule has 1 aromatic carbocycles. The lowest BCUT2D eigenvalue weighted by Crippen LogP contribution is -2.14. The first-order valence-electron chi connectivity index (χ1n) is 3.91. The smallest absolute Gasteiger partial charge is 0.228 e. The average Bonchev–Trinajstić information content (AvgIpc) is 1.99. The Balaban J connectivity index is 2.83. The van der Waals surface area contributed by atoms with E-state index in [1.54, 1.807) is 0 Å². The molecule has 0 bridgehead atoms. The highest BCUT2D eigenvalue weighted by Crippen LogP contribution is 2.25. The summed E-state index contributed by atoms with van der Waals surface area (Å²) >= 11 is 0.370. The molecule has 0 saturated heterocycles. The van der Waals surface area contributed by atoms with E-state index in [0.717, 1.165) is 0 Å². The van der Waals surface area contributed by atoms with Crippen molar-refractivity contribution in [3.63, 3.8) is 0 Å². The Bertz CT molecular complexity index is 434. The third-order valence-electron chi connectivity index (χ3n) is 1.49. The number of benzene rings is 1. The normalized spacial score (nSPS) is 12.0. The first kappa shape index (κ1) is 12.4. The van der Waals surface area contributed by atoms with Gasteiger partial charge in [0.1, 0.15) is 0 Å². The molecule has 0 radical (unpaired) electrons. The largest absolute Gasteiger partial charge is 0.288 e. The van der Waals surface area contributed by atoms with Gasteiger partial charge in [-0.3, -0.25) is 0 Å². The monoisotopic (exact) mass is 253 g/mol. The van der Waals surface area contributed by atoms with Crippen molar-refractivity contribution in [2.75, 3.05) is 0 Å². The van der Waals surface area contributed by atoms with E-state index in [9.17, 15) is 17.2 Å². The third-order valence-corrected chi connectivity index (χ3v) is 2.93. The highest BCUT2D eigenvalue weighted by atomic mass is 32.2. The van der Waals surface area contributed by atoms with Crippen molar-refractivity contribution >= 4 is 21.8 Å². The molecule has 0 aliphatic carbocycles. The maximum atomic E-state index is 12.0. The number of primary sulfonamides is 1. The van der Waals surface area contributed by atoms with Gasteiger partial charge in [0, 0.05) is 4.90 Å². The van der Waals surface area contributed by atoms with Gasteiger partial charge in [0.25, 0.3) is 5.76 Å². The molecule has 0 atom stereocenters. The molecule has 0 unspecified atom stereocenters. The molecule has 0 amide bonds. The highest BCUT2D eigenvalue weighted by Gasteiger charge is 2.08. The molecule has 0 saturated carbocycles. The van der Waals surface area contributed by atoms with Gasteiger partial charge in [-0.05, 0) is 17.7 Å². The fraction of sp³-hybridized carbons (Fsp3) is 0.250. The van der Waals surface area contributed by atoms with Gasteiger partial charge >= 0.3 is 0 Å². The first-order valence-corrected chi connectivity index (χ1v) is 6.50. The van der Waals surface area contributed by atoms with Gasteiger partial charge in [-0.25, -0.2) is 13.6 Å². The maximum Gasteiger partial charge on any atom is 0.288 e. The molecule has 0 aliphatic rings. The molecular formula is C8H9F2NO2S2. The molecule has 1 rings (SSSR count). The van der Waals surface area contributed by atoms with Crippen molar-refractivity contribution in [1.29, 1.82) is 0 Å². The van der Waals surface area contributed by atoms with E-state index in [1.165, 1.54) is 24.3 Å². The zero-order valence-corrected chi connectivity index (χ0v) is 9.19. The second-order valence-electron chi connectivity index (χ2n) is 2.83. The number of sulfonamides is 1. The number of alkyl halides is 2. The molecule has 1 aromatic rings. The van der Waals surface area contributed by atoms with Crippen LogP contribution in [0.1, 0.15) is 5.56 Å². The van der Waals surface area contributed by atoms with Crippen LogP contribution < -0.4 is 5.14 Å². The fourth-order valence-corrected chi connectivity index (χ4v) is 2.27. The Kier molecular flexibility index (Phi) is 4.06. The molecule has 0 aliphatic heterocycles. The lowest BCUT2D eigenvalue weighted by Gasteiger charge is -2.03. The number of rotatable bonds is 4. The Hall–Kier alpha value is -0.660. The molecule has 2 N–H and O–H groups in total. The van der Waals surface area contributed by atoms with E-state index < -0.39 is 15.8 Å². The number of hydrogen-bond acceptors (Lipinski definition) is 3. The van der Waals surface area contributed by atoms with Crippen LogP contribution in [0.25, 0.3) is 0 Å². The van der Waals surface area contributed by atoms with Gasteiger partial charge in [0.05, 0.1) is 5.75 Å². The van der Waals surface area contributed by atoms with Crippen LogP contribution in [-0.2, 0) is 15.8 Å². The van der Waals surface area contributed by atoms with Gasteiger partial charge in [-0.1, -0.05) is 23.9 Å². The molecule has 15 heavy (non-hydrogen) atoms. The van der Waals surface area contributed by atoms with Crippen molar-refractivity contribution in [1.82, 2.24) is 0 Å². The lowest BCUT2D eigenvalue weighted by molar-refractivity contribution is 0.252. The standard InChI is InChI=1S/C8H9F2NO2S2/c9-8(10)14-7-3-1-2-6(4-7)5-15(11,12)13/h1-4,8H,5H2,(H2,11,12,13). The maximum absolute atomic E-state index is 12.0. The Morgan fingerprint density at radius 1 is 1.40 bits per heavy atom. The van der Waals surface area contributed by atoms with E-state index >= 15 is 0 Å². The van der Waals surface area contributed by atoms with Gasteiger partial charge < -0.3 is 0 Å². The predicted octanol–water partition coefficient (Wildman–Crippen LogP) is 1.79. The van der Waals surface area contributed by atoms with Gasteiger partial charge in [0.2, 0.25) is 10.0 Å². The molecular weight excluding hydrogens is 244 g/mol. The molecule has 0 heterocycles. The van der Waals surface area contributed by atoms with Crippen molar-refractivity contribution in [3.8, 4) is 0 Å². The summed E-state index contributed by atoms with van der Waals surface area (Å²) in [5.74, 6) is -2.86. The zero-order chi connectivity index (χ0) is 11.5. The number of halogens is 2. The van der Waals surface area contributed by atoms with E-state index in [-0.39, 0.29) is 5.75 Å². The van der Waals surface area contributed by atoms with Gasteiger partial charge in [-0.15, -0.1) is 0 Å². The second kappa shape index (κ2) is 4.91. The van der Waals surface area contributed by atoms with Crippen LogP contribution in [0.5, 0.6) is 0 Å². The van der Waals surface area contributed by atoms with Crippen molar-refractivity contribution < 1.29 is 17.2 Å². The quantitative estimate of drug-likeness (QED) is 0.832. The summed E-state index contributed by atoms with van der Waals surface area (Å²) in [5.41, 5.74) is 0.406. The van der Waals surface area contributed by atoms with Crippen LogP contribution in [0.2, 0.25) is 0 Å². The van der Waals surface area contributed by atoms with E-state index in [2.05, 4.69) is 0 Å². The highest BCUT2D eigenvalue weighted by molar-refractivity contribution is 7.99. The minimum Gasteiger partial charge on any atom is -0.228 e. The van der Waals surface area contributed by atoms with Gasteiger partial charge in [-0.2, -0.15) is 8.78 Å². The summed E-state index contributed by atoms with van der Waals surface area (Å²) in [4.78, 5) is 0.325. The molecule has 7 heteroatoms. The lowest BCUT2D eigenvalue weighted by atomic mass is 10.2. The van der Waals surface area contributed by atoms with Crippen molar-refractivity contribution in [3.05, 3.63) is 29.8 Å². The molecule has 84 valence electrons. The van der Waals surface area contributed by atoms with Crippen LogP contribution >= 0.6 is 11.8 Å². The summed E-state index contributed by atoms with van der Waals surface area (Å²) in [6.07, 6.45) is 0. The first-order chi connectivity index (χ1) is 6.87. The van der Waals surface area contributed by atoms with E-state index in [4.69, 9.17) is 5.14 Å². The second-order valence-corrected chi connectivity index (χ2v) is 5.51. The summed E-state index contributed by atoms with van der Waals surface area (Å²) in [7, 11) is -3.62. The predicted molar refractivity (Wildman–Crippen MR) is 55.1 cm³/mol. The molecule has 0 fully saturated rings. The zero-order valence-electron chi connectivity index (χ0n) is 7.56. The van der Waals surface area contributed by atoms with Crippen LogP contribution in [0.4, 0.5) is 8.78 Å². The van der Waals surface area contributed by atoms with Crippen LogP contribution in [0.15, 0.2) is 29.2 Å². The Morgan fingerprint density at radius 3 is 2.60 bits per heavy atom. The summed E-state index contributed by atoms with van der Waals surface area (Å²) in [6, 6.07) is 5.93. The van der Waals surface area contributed by atoms with E-state index in [1.807, 2.05) is 0 Å². The minimum absolute atomic E-state index is 0.325. The van der Waals surface area contributed by atoms with Crippen molar-refractivity contribution in [2.24, 2.45) is 5.14 Å². The molecule has 0 spiro atoms. The minimum atomic E-state index is -3.62. The molecule has 3 nitrogen and oxygen atoms in total. The van der Waals surface area contributed by atoms with Crippen LogP contribution in [0, 0.1) is 0 Å². The summed E-state index contributed by atoms with van der Waals surface area (Å²) < 4.78 is 45.5. The van der Waals surface area contributed by atoms with E-state index in [0.29, 0.717) is 22.2 Å². The number of nitrogens with two attached hydrogens (primary N) is 1. The third kappa shape index (κ3) is 5.10. The SMILES string of the molecule is NS(=O)(=O)Cc1cccc(SC(F)F)c1. The topological polar surface area (TPSA) is 60.2 Å². The Morgan fingerprint density at radius 2 is 2.07 bits per heavy atom. The van der Waals surface area contributed by atoms with Crippen LogP contribution in [0.3, 0.4) is 0 Å². The number of thioether (sulfide) groups is 1. The summed E-state index contributed by atoms with van der Waals surface area (Å²) in [6.45, 7) is 0. The van der Waals surface area contributed by atoms with Crippen molar-refractivity contribution in [2.45, 2.75) is 16.4 Å². The molecule has 0 aromatic heterocycles. The number of hydrogen-bond donors (Lipinski definition) is 1. The van der Waals surface area contributed by atoms with Gasteiger partial charge in [0.15, 0.2) is 0 Å². The average molecular weight is 253 g/mol. The van der Waals surface area contributed by atoms with Crippen LogP contribution in [-0.4, -0.2) is 14.2 Å².